The Morgan fingerprint density at radius 3 is 2.00 bits per heavy atom. The normalized spacial score (nSPS) is 8.00. The van der Waals surface area contributed by atoms with Crippen LogP contribution in [0.15, 0.2) is 0 Å². The van der Waals surface area contributed by atoms with Gasteiger partial charge in [-0.15, -0.1) is 0 Å². The van der Waals surface area contributed by atoms with Crippen molar-refractivity contribution >= 4 is 0 Å². The number of alkyl halides is 1. The molecule has 58 valence electrons. The lowest BCUT2D eigenvalue weighted by atomic mass is 10.2. The van der Waals surface area contributed by atoms with Gasteiger partial charge in [0.2, 0.25) is 0 Å². The van der Waals surface area contributed by atoms with Crippen LogP contribution in [0.3, 0.4) is 0 Å². The van der Waals surface area contributed by atoms with Crippen LogP contribution < -0.4 is 5.73 Å². The van der Waals surface area contributed by atoms with Crippen LogP contribution in [0, 0.1) is 0 Å². The summed E-state index contributed by atoms with van der Waals surface area (Å²) < 4.78 is 9.50. The molecule has 0 heterocycles. The maximum absolute atomic E-state index is 9.50. The smallest absolute Gasteiger partial charge is 0.0785 e. The van der Waals surface area contributed by atoms with E-state index in [0.29, 0.717) is 7.18 Å². The van der Waals surface area contributed by atoms with E-state index in [1.807, 2.05) is 0 Å². The molecule has 0 aliphatic heterocycles. The van der Waals surface area contributed by atoms with Crippen molar-refractivity contribution in [1.82, 2.24) is 0 Å². The van der Waals surface area contributed by atoms with Gasteiger partial charge in [-0.2, -0.15) is 0 Å². The van der Waals surface area contributed by atoms with E-state index in [2.05, 4.69) is 6.92 Å². The second kappa shape index (κ2) is 15.7. The van der Waals surface area contributed by atoms with E-state index in [9.17, 15) is 4.39 Å². The van der Waals surface area contributed by atoms with Crippen molar-refractivity contribution in [3.05, 3.63) is 0 Å². The van der Waals surface area contributed by atoms with Crippen LogP contribution in [0.4, 0.5) is 4.39 Å². The van der Waals surface area contributed by atoms with Gasteiger partial charge in [-0.1, -0.05) is 26.2 Å². The lowest BCUT2D eigenvalue weighted by Gasteiger charge is -1.90. The summed E-state index contributed by atoms with van der Waals surface area (Å²) in [4.78, 5) is 0. The molecule has 0 amide bonds. The van der Waals surface area contributed by atoms with Gasteiger partial charge in [-0.05, 0) is 13.0 Å². The van der Waals surface area contributed by atoms with E-state index in [1.54, 1.807) is 0 Å². The highest BCUT2D eigenvalue weighted by molar-refractivity contribution is 4.38. The Morgan fingerprint density at radius 1 is 1.11 bits per heavy atom. The fourth-order valence-corrected chi connectivity index (χ4v) is 0.571. The molecule has 0 aromatic rings. The second-order valence-electron chi connectivity index (χ2n) is 1.85. The molecule has 0 unspecified atom stereocenters. The average Bonchev–Trinajstić information content (AvgIpc) is 1.94. The SMILES string of the molecule is CCCCCCN.CF. The maximum Gasteiger partial charge on any atom is 0.0785 e. The maximum atomic E-state index is 9.50. The lowest BCUT2D eigenvalue weighted by Crippen LogP contribution is -1.97. The van der Waals surface area contributed by atoms with Crippen LogP contribution in [-0.2, 0) is 0 Å². The molecule has 2 heteroatoms. The molecule has 0 atom stereocenters. The lowest BCUT2D eigenvalue weighted by molar-refractivity contribution is 0.636. The minimum absolute atomic E-state index is 0.500. The van der Waals surface area contributed by atoms with Crippen molar-refractivity contribution in [1.29, 1.82) is 0 Å². The van der Waals surface area contributed by atoms with Crippen LogP contribution in [0.1, 0.15) is 32.6 Å². The van der Waals surface area contributed by atoms with E-state index in [1.165, 1.54) is 25.7 Å². The van der Waals surface area contributed by atoms with Gasteiger partial charge < -0.3 is 5.73 Å². The van der Waals surface area contributed by atoms with E-state index in [4.69, 9.17) is 5.73 Å². The number of halogens is 1. The third kappa shape index (κ3) is 18.1. The first-order valence-electron chi connectivity index (χ1n) is 3.49. The van der Waals surface area contributed by atoms with Crippen molar-refractivity contribution in [3.8, 4) is 0 Å². The molecule has 0 saturated carbocycles. The molecule has 2 N–H and O–H groups in total. The van der Waals surface area contributed by atoms with Gasteiger partial charge in [0, 0.05) is 0 Å². The minimum atomic E-state index is 0.500. The monoisotopic (exact) mass is 135 g/mol. The molecule has 0 rings (SSSR count). The summed E-state index contributed by atoms with van der Waals surface area (Å²) in [5, 5.41) is 0. The largest absolute Gasteiger partial charge is 0.330 e. The molecular formula is C7H18FN. The minimum Gasteiger partial charge on any atom is -0.330 e. The zero-order chi connectivity index (χ0) is 7.54. The highest BCUT2D eigenvalue weighted by Crippen LogP contribution is 1.95. The van der Waals surface area contributed by atoms with Crippen molar-refractivity contribution in [2.45, 2.75) is 32.6 Å². The van der Waals surface area contributed by atoms with Crippen molar-refractivity contribution < 1.29 is 4.39 Å². The molecular weight excluding hydrogens is 117 g/mol. The van der Waals surface area contributed by atoms with Gasteiger partial charge in [-0.25, -0.2) is 0 Å². The summed E-state index contributed by atoms with van der Waals surface area (Å²) in [6, 6.07) is 0. The summed E-state index contributed by atoms with van der Waals surface area (Å²) in [5.41, 5.74) is 5.27. The fraction of sp³-hybridized carbons (Fsp3) is 1.00. The molecule has 1 nitrogen and oxygen atoms in total. The quantitative estimate of drug-likeness (QED) is 0.587. The molecule has 0 radical (unpaired) electrons. The van der Waals surface area contributed by atoms with Crippen LogP contribution in [-0.4, -0.2) is 13.7 Å². The number of hydrogen-bond acceptors (Lipinski definition) is 1. The van der Waals surface area contributed by atoms with E-state index in [0.717, 1.165) is 6.54 Å². The summed E-state index contributed by atoms with van der Waals surface area (Å²) in [6.45, 7) is 3.07. The Morgan fingerprint density at radius 2 is 1.67 bits per heavy atom. The van der Waals surface area contributed by atoms with Crippen LogP contribution in [0.5, 0.6) is 0 Å². The van der Waals surface area contributed by atoms with Crippen molar-refractivity contribution in [3.63, 3.8) is 0 Å². The van der Waals surface area contributed by atoms with Gasteiger partial charge in [0.1, 0.15) is 0 Å². The van der Waals surface area contributed by atoms with Crippen molar-refractivity contribution in [2.24, 2.45) is 5.73 Å². The number of rotatable bonds is 4. The third-order valence-corrected chi connectivity index (χ3v) is 1.06. The average molecular weight is 135 g/mol. The molecule has 0 saturated heterocycles. The van der Waals surface area contributed by atoms with Gasteiger partial charge in [-0.3, -0.25) is 4.39 Å². The summed E-state index contributed by atoms with van der Waals surface area (Å²) in [7, 11) is 0.500. The molecule has 0 fully saturated rings. The molecule has 0 spiro atoms. The Hall–Kier alpha value is -0.110. The topological polar surface area (TPSA) is 26.0 Å². The van der Waals surface area contributed by atoms with Crippen molar-refractivity contribution in [2.75, 3.05) is 13.7 Å². The number of hydrogen-bond donors (Lipinski definition) is 1. The number of nitrogens with two attached hydrogens (primary N) is 1. The fourth-order valence-electron chi connectivity index (χ4n) is 0.571. The molecule has 0 aromatic carbocycles. The van der Waals surface area contributed by atoms with E-state index < -0.39 is 0 Å². The zero-order valence-corrected chi connectivity index (χ0v) is 6.49. The van der Waals surface area contributed by atoms with E-state index in [-0.39, 0.29) is 0 Å². The first-order chi connectivity index (χ1) is 4.41. The van der Waals surface area contributed by atoms with Crippen LogP contribution in [0.2, 0.25) is 0 Å². The van der Waals surface area contributed by atoms with Crippen LogP contribution in [0.25, 0.3) is 0 Å². The summed E-state index contributed by atoms with van der Waals surface area (Å²) in [5.74, 6) is 0. The zero-order valence-electron chi connectivity index (χ0n) is 6.49. The first kappa shape index (κ1) is 11.7. The Bertz CT molecular complexity index is 28.1. The first-order valence-corrected chi connectivity index (χ1v) is 3.49. The molecule has 0 bridgehead atoms. The molecule has 0 aromatic heterocycles. The van der Waals surface area contributed by atoms with Crippen LogP contribution >= 0.6 is 0 Å². The Balaban J connectivity index is 0. The van der Waals surface area contributed by atoms with Gasteiger partial charge in [0.15, 0.2) is 0 Å². The van der Waals surface area contributed by atoms with E-state index >= 15 is 0 Å². The van der Waals surface area contributed by atoms with Gasteiger partial charge in [0.25, 0.3) is 0 Å². The van der Waals surface area contributed by atoms with Gasteiger partial charge in [0.05, 0.1) is 7.18 Å². The standard InChI is InChI=1S/C6H15N.CH3F/c1-2-3-4-5-6-7;1-2/h2-7H2,1H3;1H3. The highest BCUT2D eigenvalue weighted by Gasteiger charge is 1.80. The molecule has 0 aliphatic carbocycles. The third-order valence-electron chi connectivity index (χ3n) is 1.06. The molecule has 0 aliphatic rings. The highest BCUT2D eigenvalue weighted by atomic mass is 19.1. The Labute approximate surface area is 57.4 Å². The van der Waals surface area contributed by atoms with Gasteiger partial charge >= 0.3 is 0 Å². The summed E-state index contributed by atoms with van der Waals surface area (Å²) >= 11 is 0. The molecule has 9 heavy (non-hydrogen) atoms. The number of unbranched alkanes of at least 4 members (excludes halogenated alkanes) is 3. The predicted octanol–water partition coefficient (Wildman–Crippen LogP) is 2.11. The predicted molar refractivity (Wildman–Crippen MR) is 40.2 cm³/mol. The summed E-state index contributed by atoms with van der Waals surface area (Å²) in [6.07, 6.45) is 5.16. The second-order valence-corrected chi connectivity index (χ2v) is 1.85. The Kier molecular flexibility index (Phi) is 20.3.